The number of rotatable bonds is 7. The Morgan fingerprint density at radius 3 is 2.83 bits per heavy atom. The van der Waals surface area contributed by atoms with Crippen LogP contribution in [0.1, 0.15) is 24.1 Å². The van der Waals surface area contributed by atoms with E-state index in [2.05, 4.69) is 11.1 Å². The van der Waals surface area contributed by atoms with Crippen LogP contribution < -0.4 is 15.1 Å². The van der Waals surface area contributed by atoms with Crippen molar-refractivity contribution in [3.05, 3.63) is 65.9 Å². The first-order valence-corrected chi connectivity index (χ1v) is 9.38. The molecule has 0 spiro atoms. The largest absolute Gasteiger partial charge is 0.496 e. The van der Waals surface area contributed by atoms with Gasteiger partial charge >= 0.3 is 0 Å². The summed E-state index contributed by atoms with van der Waals surface area (Å²) in [5.41, 5.74) is 5.36. The maximum absolute atomic E-state index is 11.2. The highest BCUT2D eigenvalue weighted by Crippen LogP contribution is 2.33. The van der Waals surface area contributed by atoms with Crippen molar-refractivity contribution in [1.82, 2.24) is 10.5 Å². The molecule has 1 amide bonds. The average molecular weight is 402 g/mol. The monoisotopic (exact) mass is 402 g/mol. The normalized spacial score (nSPS) is 10.7. The highest BCUT2D eigenvalue weighted by atomic mass is 16.5. The molecule has 30 heavy (non-hydrogen) atoms. The molecule has 152 valence electrons. The molecule has 2 aromatic carbocycles. The van der Waals surface area contributed by atoms with Crippen LogP contribution in [0.5, 0.6) is 5.75 Å². The Labute approximate surface area is 174 Å². The van der Waals surface area contributed by atoms with Crippen molar-refractivity contribution in [1.29, 1.82) is 5.26 Å². The number of hydrogen-bond donors (Lipinski definition) is 2. The van der Waals surface area contributed by atoms with Gasteiger partial charge in [-0.25, -0.2) is 10.5 Å². The molecule has 0 radical (unpaired) electrons. The van der Waals surface area contributed by atoms with E-state index in [0.717, 1.165) is 27.8 Å². The van der Waals surface area contributed by atoms with E-state index in [-0.39, 0.29) is 6.42 Å². The number of ether oxygens (including phenoxy) is 1. The van der Waals surface area contributed by atoms with Crippen LogP contribution in [0.4, 0.5) is 11.4 Å². The number of allylic oxidation sites excluding steroid dienone is 1. The third-order valence-electron chi connectivity index (χ3n) is 4.73. The zero-order valence-corrected chi connectivity index (χ0v) is 16.8. The SMILES string of the molecule is COc1ccc(N(C)c2cc(C#N)nc3ccccc23)cc1C=CCCC(=O)NO. The van der Waals surface area contributed by atoms with Gasteiger partial charge in [-0.15, -0.1) is 0 Å². The second-order valence-corrected chi connectivity index (χ2v) is 6.62. The Hall–Kier alpha value is -3.89. The van der Waals surface area contributed by atoms with E-state index in [9.17, 15) is 10.1 Å². The number of nitriles is 1. The van der Waals surface area contributed by atoms with Crippen LogP contribution >= 0.6 is 0 Å². The van der Waals surface area contributed by atoms with Crippen LogP contribution in [0.15, 0.2) is 54.6 Å². The maximum atomic E-state index is 11.2. The van der Waals surface area contributed by atoms with Gasteiger partial charge in [0.2, 0.25) is 5.91 Å². The van der Waals surface area contributed by atoms with Crippen LogP contribution in [-0.2, 0) is 4.79 Å². The lowest BCUT2D eigenvalue weighted by Gasteiger charge is -2.22. The highest BCUT2D eigenvalue weighted by Gasteiger charge is 2.13. The fraction of sp³-hybridized carbons (Fsp3) is 0.174. The topological polar surface area (TPSA) is 98.5 Å². The molecule has 0 aliphatic carbocycles. The second-order valence-electron chi connectivity index (χ2n) is 6.62. The molecule has 0 atom stereocenters. The van der Waals surface area contributed by atoms with Gasteiger partial charge in [0.25, 0.3) is 0 Å². The van der Waals surface area contributed by atoms with Crippen molar-refractivity contribution in [2.24, 2.45) is 0 Å². The van der Waals surface area contributed by atoms with Crippen molar-refractivity contribution in [2.75, 3.05) is 19.1 Å². The predicted octanol–water partition coefficient (Wildman–Crippen LogP) is 4.18. The first-order valence-electron chi connectivity index (χ1n) is 9.38. The van der Waals surface area contributed by atoms with Crippen LogP contribution in [0.2, 0.25) is 0 Å². The average Bonchev–Trinajstić information content (AvgIpc) is 2.80. The van der Waals surface area contributed by atoms with E-state index >= 15 is 0 Å². The Morgan fingerprint density at radius 1 is 1.30 bits per heavy atom. The van der Waals surface area contributed by atoms with E-state index in [1.807, 2.05) is 66.6 Å². The van der Waals surface area contributed by atoms with Crippen LogP contribution in [0, 0.1) is 11.3 Å². The van der Waals surface area contributed by atoms with Gasteiger partial charge in [-0.3, -0.25) is 10.0 Å². The third-order valence-corrected chi connectivity index (χ3v) is 4.73. The molecule has 7 nitrogen and oxygen atoms in total. The Bertz CT molecular complexity index is 1130. The summed E-state index contributed by atoms with van der Waals surface area (Å²) in [7, 11) is 3.54. The van der Waals surface area contributed by atoms with Crippen molar-refractivity contribution in [3.8, 4) is 11.8 Å². The first-order chi connectivity index (χ1) is 14.6. The molecule has 7 heteroatoms. The zero-order valence-electron chi connectivity index (χ0n) is 16.8. The molecular formula is C23H22N4O3. The molecule has 1 heterocycles. The van der Waals surface area contributed by atoms with Crippen LogP contribution in [0.25, 0.3) is 17.0 Å². The molecule has 0 saturated heterocycles. The molecular weight excluding hydrogens is 380 g/mol. The van der Waals surface area contributed by atoms with Gasteiger partial charge in [-0.05, 0) is 36.8 Å². The minimum Gasteiger partial charge on any atom is -0.496 e. The van der Waals surface area contributed by atoms with Gasteiger partial charge in [0.1, 0.15) is 17.5 Å². The summed E-state index contributed by atoms with van der Waals surface area (Å²) < 4.78 is 5.45. The van der Waals surface area contributed by atoms with Crippen molar-refractivity contribution in [2.45, 2.75) is 12.8 Å². The van der Waals surface area contributed by atoms with Crippen molar-refractivity contribution < 1.29 is 14.7 Å². The number of pyridine rings is 1. The molecule has 0 bridgehead atoms. The van der Waals surface area contributed by atoms with Crippen LogP contribution in [-0.4, -0.2) is 30.3 Å². The summed E-state index contributed by atoms with van der Waals surface area (Å²) >= 11 is 0. The number of aromatic nitrogens is 1. The highest BCUT2D eigenvalue weighted by molar-refractivity contribution is 5.94. The standard InChI is InChI=1S/C23H22N4O3/c1-27(21-14-17(15-24)25-20-9-5-4-8-19(20)21)18-11-12-22(30-2)16(13-18)7-3-6-10-23(28)26-29/h3-5,7-9,11-14,29H,6,10H2,1-2H3,(H,26,28). The number of carbonyl (C=O) groups excluding carboxylic acids is 1. The lowest BCUT2D eigenvalue weighted by molar-refractivity contribution is -0.129. The van der Waals surface area contributed by atoms with E-state index in [0.29, 0.717) is 17.9 Å². The summed E-state index contributed by atoms with van der Waals surface area (Å²) in [5, 5.41) is 18.9. The summed E-state index contributed by atoms with van der Waals surface area (Å²) in [6, 6.07) is 17.4. The summed E-state index contributed by atoms with van der Waals surface area (Å²) in [4.78, 5) is 17.5. The van der Waals surface area contributed by atoms with Gasteiger partial charge in [0.05, 0.1) is 18.3 Å². The Morgan fingerprint density at radius 2 is 2.10 bits per heavy atom. The lowest BCUT2D eigenvalue weighted by atomic mass is 10.1. The zero-order chi connectivity index (χ0) is 21.5. The summed E-state index contributed by atoms with van der Waals surface area (Å²) in [6.07, 6.45) is 4.41. The summed E-state index contributed by atoms with van der Waals surface area (Å²) in [5.74, 6) is 0.269. The first kappa shape index (κ1) is 20.8. The summed E-state index contributed by atoms with van der Waals surface area (Å²) in [6.45, 7) is 0. The van der Waals surface area contributed by atoms with Gasteiger partial charge in [-0.2, -0.15) is 5.26 Å². The Kier molecular flexibility index (Phi) is 6.63. The number of amides is 1. The van der Waals surface area contributed by atoms with Gasteiger partial charge < -0.3 is 9.64 Å². The minimum atomic E-state index is -0.432. The molecule has 3 rings (SSSR count). The number of anilines is 2. The fourth-order valence-corrected chi connectivity index (χ4v) is 3.17. The third kappa shape index (κ3) is 4.57. The molecule has 0 aliphatic rings. The van der Waals surface area contributed by atoms with Gasteiger partial charge in [0.15, 0.2) is 0 Å². The molecule has 0 saturated carbocycles. The minimum absolute atomic E-state index is 0.189. The number of hydrogen-bond acceptors (Lipinski definition) is 6. The Balaban J connectivity index is 1.96. The number of nitrogens with one attached hydrogen (secondary N) is 1. The lowest BCUT2D eigenvalue weighted by Crippen LogP contribution is -2.17. The smallest absolute Gasteiger partial charge is 0.243 e. The number of para-hydroxylation sites is 1. The van der Waals surface area contributed by atoms with Gasteiger partial charge in [-0.1, -0.05) is 30.4 Å². The number of methoxy groups -OCH3 is 1. The maximum Gasteiger partial charge on any atom is 0.243 e. The molecule has 2 N–H and O–H groups in total. The van der Waals surface area contributed by atoms with E-state index < -0.39 is 5.91 Å². The molecule has 1 aromatic heterocycles. The number of hydroxylamine groups is 1. The van der Waals surface area contributed by atoms with Crippen LogP contribution in [0.3, 0.4) is 0 Å². The van der Waals surface area contributed by atoms with E-state index in [1.165, 1.54) is 0 Å². The number of nitrogens with zero attached hydrogens (tertiary/aromatic N) is 3. The fourth-order valence-electron chi connectivity index (χ4n) is 3.17. The number of fused-ring (bicyclic) bond motifs is 1. The van der Waals surface area contributed by atoms with E-state index in [4.69, 9.17) is 9.94 Å². The van der Waals surface area contributed by atoms with Gasteiger partial charge in [0, 0.05) is 30.1 Å². The quantitative estimate of drug-likeness (QED) is 0.454. The second kappa shape index (κ2) is 9.54. The predicted molar refractivity (Wildman–Crippen MR) is 116 cm³/mol. The number of benzene rings is 2. The molecule has 3 aromatic rings. The molecule has 0 aliphatic heterocycles. The molecule has 0 unspecified atom stereocenters. The van der Waals surface area contributed by atoms with Crippen molar-refractivity contribution in [3.63, 3.8) is 0 Å². The van der Waals surface area contributed by atoms with Crippen molar-refractivity contribution >= 4 is 34.3 Å². The van der Waals surface area contributed by atoms with E-state index in [1.54, 1.807) is 18.7 Å². The number of carbonyl (C=O) groups is 1. The molecule has 0 fully saturated rings.